The Labute approximate surface area is 92.9 Å². The van der Waals surface area contributed by atoms with Gasteiger partial charge in [0.2, 0.25) is 0 Å². The van der Waals surface area contributed by atoms with Gasteiger partial charge in [0.05, 0.1) is 13.3 Å². The molecule has 0 radical (unpaired) electrons. The van der Waals surface area contributed by atoms with E-state index in [1.54, 1.807) is 19.5 Å². The monoisotopic (exact) mass is 210 g/mol. The number of rotatable bonds is 1. The molecule has 1 aromatic rings. The van der Waals surface area contributed by atoms with E-state index in [4.69, 9.17) is 4.74 Å². The molecule has 1 aromatic heterocycles. The maximum Gasteiger partial charge on any atom is 0.137 e. The van der Waals surface area contributed by atoms with Crippen LogP contribution in [0.15, 0.2) is 24.5 Å². The van der Waals surface area contributed by atoms with Gasteiger partial charge in [-0.2, -0.15) is 0 Å². The van der Waals surface area contributed by atoms with Crippen LogP contribution in [0.5, 0.6) is 5.75 Å². The molecule has 1 unspecified atom stereocenters. The molecule has 3 nitrogen and oxygen atoms in total. The van der Waals surface area contributed by atoms with E-state index in [0.29, 0.717) is 0 Å². The van der Waals surface area contributed by atoms with Crippen LogP contribution in [0.25, 0.3) is 0 Å². The summed E-state index contributed by atoms with van der Waals surface area (Å²) in [6.45, 7) is 7.44. The molecule has 0 amide bonds. The Balaban J connectivity index is 0.000000241. The van der Waals surface area contributed by atoms with Crippen molar-refractivity contribution in [3.8, 4) is 5.75 Å². The zero-order valence-electron chi connectivity index (χ0n) is 10.2. The molecule has 2 rings (SSSR count). The van der Waals surface area contributed by atoms with Crippen molar-refractivity contribution in [2.75, 3.05) is 13.7 Å². The van der Waals surface area contributed by atoms with Gasteiger partial charge in [-0.3, -0.25) is 4.98 Å². The van der Waals surface area contributed by atoms with Crippen LogP contribution in [-0.2, 0) is 0 Å². The van der Waals surface area contributed by atoms with E-state index in [2.05, 4.69) is 17.2 Å². The van der Waals surface area contributed by atoms with Crippen LogP contribution in [-0.4, -0.2) is 24.7 Å². The second kappa shape index (κ2) is 9.46. The predicted octanol–water partition coefficient (Wildman–Crippen LogP) is 2.48. The topological polar surface area (TPSA) is 34.1 Å². The molecule has 2 heterocycles. The summed E-state index contributed by atoms with van der Waals surface area (Å²) in [4.78, 5) is 3.83. The number of ether oxygens (including phenoxy) is 1. The third-order valence-corrected chi connectivity index (χ3v) is 1.94. The lowest BCUT2D eigenvalue weighted by Crippen LogP contribution is -2.39. The van der Waals surface area contributed by atoms with Gasteiger partial charge in [0.1, 0.15) is 5.75 Å². The van der Waals surface area contributed by atoms with Crippen molar-refractivity contribution in [2.45, 2.75) is 33.2 Å². The molecule has 86 valence electrons. The second-order valence-electron chi connectivity index (χ2n) is 3.04. The van der Waals surface area contributed by atoms with Crippen LogP contribution >= 0.6 is 0 Å². The molecule has 0 saturated carbocycles. The first-order valence-corrected chi connectivity index (χ1v) is 5.50. The normalized spacial score (nSPS) is 17.2. The quantitative estimate of drug-likeness (QED) is 0.773. The molecule has 15 heavy (non-hydrogen) atoms. The van der Waals surface area contributed by atoms with Crippen molar-refractivity contribution in [1.82, 2.24) is 10.3 Å². The Morgan fingerprint density at radius 3 is 2.27 bits per heavy atom. The number of hydrogen-bond donors (Lipinski definition) is 1. The van der Waals surface area contributed by atoms with Gasteiger partial charge in [0.15, 0.2) is 0 Å². The average Bonchev–Trinajstić information content (AvgIpc) is 2.31. The largest absolute Gasteiger partial charge is 0.495 e. The van der Waals surface area contributed by atoms with Gasteiger partial charge in [0, 0.05) is 12.2 Å². The minimum atomic E-state index is 0.799. The molecule has 0 bridgehead atoms. The van der Waals surface area contributed by atoms with E-state index in [1.807, 2.05) is 26.0 Å². The summed E-state index contributed by atoms with van der Waals surface area (Å²) in [6, 6.07) is 4.50. The van der Waals surface area contributed by atoms with Gasteiger partial charge >= 0.3 is 0 Å². The van der Waals surface area contributed by atoms with Crippen molar-refractivity contribution >= 4 is 0 Å². The number of nitrogens with one attached hydrogen (secondary N) is 1. The molecular formula is C12H22N2O. The standard InChI is InChI=1S/C6H7NO.C4H9N.C2H6/c1-8-6-3-2-4-7-5-6;1-4-2-3-5-4;1-2/h2-5H,1H3;4-5H,2-3H2,1H3;1-2H3. The molecule has 0 aliphatic carbocycles. The van der Waals surface area contributed by atoms with Gasteiger partial charge in [-0.05, 0) is 32.0 Å². The lowest BCUT2D eigenvalue weighted by Gasteiger charge is -2.22. The minimum Gasteiger partial charge on any atom is -0.495 e. The maximum absolute atomic E-state index is 4.85. The molecule has 1 fully saturated rings. The molecule has 1 aliphatic rings. The Bertz CT molecular complexity index is 222. The molecular weight excluding hydrogens is 188 g/mol. The number of nitrogens with zero attached hydrogens (tertiary/aromatic N) is 1. The number of hydrogen-bond acceptors (Lipinski definition) is 3. The summed E-state index contributed by atoms with van der Waals surface area (Å²) in [5.74, 6) is 0.799. The van der Waals surface area contributed by atoms with E-state index in [-0.39, 0.29) is 0 Å². The summed E-state index contributed by atoms with van der Waals surface area (Å²) >= 11 is 0. The third-order valence-electron chi connectivity index (χ3n) is 1.94. The fourth-order valence-electron chi connectivity index (χ4n) is 0.901. The first-order chi connectivity index (χ1) is 7.33. The number of pyridine rings is 1. The Morgan fingerprint density at radius 1 is 1.47 bits per heavy atom. The van der Waals surface area contributed by atoms with Crippen molar-refractivity contribution in [3.63, 3.8) is 0 Å². The summed E-state index contributed by atoms with van der Waals surface area (Å²) in [6.07, 6.45) is 4.75. The lowest BCUT2D eigenvalue weighted by molar-refractivity contribution is 0.399. The van der Waals surface area contributed by atoms with E-state index >= 15 is 0 Å². The van der Waals surface area contributed by atoms with Crippen molar-refractivity contribution < 1.29 is 4.74 Å². The van der Waals surface area contributed by atoms with Crippen LogP contribution in [0.1, 0.15) is 27.2 Å². The van der Waals surface area contributed by atoms with Crippen molar-refractivity contribution in [3.05, 3.63) is 24.5 Å². The molecule has 0 aromatic carbocycles. The lowest BCUT2D eigenvalue weighted by atomic mass is 10.1. The second-order valence-corrected chi connectivity index (χ2v) is 3.04. The summed E-state index contributed by atoms with van der Waals surface area (Å²) in [5, 5.41) is 3.21. The molecule has 1 saturated heterocycles. The fraction of sp³-hybridized carbons (Fsp3) is 0.583. The van der Waals surface area contributed by atoms with Gasteiger partial charge in [0.25, 0.3) is 0 Å². The Hall–Kier alpha value is -1.09. The first-order valence-electron chi connectivity index (χ1n) is 5.50. The van der Waals surface area contributed by atoms with E-state index in [9.17, 15) is 0 Å². The van der Waals surface area contributed by atoms with Crippen molar-refractivity contribution in [2.24, 2.45) is 0 Å². The van der Waals surface area contributed by atoms with E-state index in [0.717, 1.165) is 11.8 Å². The zero-order chi connectivity index (χ0) is 11.5. The van der Waals surface area contributed by atoms with Crippen LogP contribution < -0.4 is 10.1 Å². The van der Waals surface area contributed by atoms with Crippen molar-refractivity contribution in [1.29, 1.82) is 0 Å². The Kier molecular flexibility index (Phi) is 8.78. The SMILES string of the molecule is CC.CC1CCN1.COc1cccnc1. The highest BCUT2D eigenvalue weighted by atomic mass is 16.5. The molecule has 1 aliphatic heterocycles. The van der Waals surface area contributed by atoms with E-state index in [1.165, 1.54) is 13.0 Å². The summed E-state index contributed by atoms with van der Waals surface area (Å²) in [7, 11) is 1.62. The number of aromatic nitrogens is 1. The molecule has 1 atom stereocenters. The van der Waals surface area contributed by atoms with Crippen LogP contribution in [0.2, 0.25) is 0 Å². The first kappa shape index (κ1) is 13.9. The molecule has 3 heteroatoms. The highest BCUT2D eigenvalue weighted by Crippen LogP contribution is 2.02. The third kappa shape index (κ3) is 6.91. The highest BCUT2D eigenvalue weighted by Gasteiger charge is 2.07. The van der Waals surface area contributed by atoms with Crippen LogP contribution in [0.4, 0.5) is 0 Å². The van der Waals surface area contributed by atoms with Gasteiger partial charge < -0.3 is 10.1 Å². The molecule has 1 N–H and O–H groups in total. The minimum absolute atomic E-state index is 0.799. The summed E-state index contributed by atoms with van der Waals surface area (Å²) < 4.78 is 4.85. The van der Waals surface area contributed by atoms with E-state index < -0.39 is 0 Å². The van der Waals surface area contributed by atoms with Crippen LogP contribution in [0, 0.1) is 0 Å². The van der Waals surface area contributed by atoms with Crippen LogP contribution in [0.3, 0.4) is 0 Å². The smallest absolute Gasteiger partial charge is 0.137 e. The van der Waals surface area contributed by atoms with Gasteiger partial charge in [-0.1, -0.05) is 13.8 Å². The zero-order valence-corrected chi connectivity index (χ0v) is 10.2. The fourth-order valence-corrected chi connectivity index (χ4v) is 0.901. The Morgan fingerprint density at radius 2 is 2.07 bits per heavy atom. The van der Waals surface area contributed by atoms with Gasteiger partial charge in [-0.25, -0.2) is 0 Å². The molecule has 0 spiro atoms. The maximum atomic E-state index is 4.85. The summed E-state index contributed by atoms with van der Waals surface area (Å²) in [5.41, 5.74) is 0. The predicted molar refractivity (Wildman–Crippen MR) is 64.2 cm³/mol. The van der Waals surface area contributed by atoms with Gasteiger partial charge in [-0.15, -0.1) is 0 Å². The average molecular weight is 210 g/mol. The number of methoxy groups -OCH3 is 1. The highest BCUT2D eigenvalue weighted by molar-refractivity contribution is 5.14.